The number of carboxylic acid groups (broad SMARTS) is 1. The van der Waals surface area contributed by atoms with Crippen molar-refractivity contribution >= 4 is 17.7 Å². The molecule has 0 unspecified atom stereocenters. The second-order valence-electron chi connectivity index (χ2n) is 2.56. The fourth-order valence-electron chi connectivity index (χ4n) is 0.930. The van der Waals surface area contributed by atoms with Crippen LogP contribution in [-0.4, -0.2) is 11.1 Å². The van der Waals surface area contributed by atoms with E-state index in [0.717, 1.165) is 18.2 Å². The molecular formula is C9H5F2NO3. The molecule has 1 N–H and O–H groups in total. The highest BCUT2D eigenvalue weighted by Gasteiger charge is 2.12. The first-order valence-electron chi connectivity index (χ1n) is 3.78. The van der Waals surface area contributed by atoms with Crippen LogP contribution in [0.3, 0.4) is 0 Å². The third-order valence-electron chi connectivity index (χ3n) is 1.59. The van der Waals surface area contributed by atoms with Crippen LogP contribution in [0.5, 0.6) is 0 Å². The van der Waals surface area contributed by atoms with E-state index in [1.54, 1.807) is 0 Å². The van der Waals surface area contributed by atoms with Crippen LogP contribution in [0.1, 0.15) is 5.56 Å². The summed E-state index contributed by atoms with van der Waals surface area (Å²) in [5, 5.41) is 10.5. The van der Waals surface area contributed by atoms with E-state index in [0.29, 0.717) is 6.08 Å². The van der Waals surface area contributed by atoms with E-state index in [-0.39, 0.29) is 5.56 Å². The lowest BCUT2D eigenvalue weighted by atomic mass is 10.1. The molecule has 0 radical (unpaired) electrons. The minimum atomic E-state index is -1.28. The minimum absolute atomic E-state index is 0.214. The Kier molecular flexibility index (Phi) is 3.22. The molecule has 0 aliphatic carbocycles. The summed E-state index contributed by atoms with van der Waals surface area (Å²) in [5.41, 5.74) is -1.17. The first-order chi connectivity index (χ1) is 7.06. The van der Waals surface area contributed by atoms with Gasteiger partial charge in [0, 0.05) is 11.6 Å². The van der Waals surface area contributed by atoms with Crippen molar-refractivity contribution in [2.24, 2.45) is 5.18 Å². The molecule has 4 nitrogen and oxygen atoms in total. The van der Waals surface area contributed by atoms with Crippen molar-refractivity contribution in [2.45, 2.75) is 0 Å². The summed E-state index contributed by atoms with van der Waals surface area (Å²) in [6, 6.07) is 1.85. The van der Waals surface area contributed by atoms with Gasteiger partial charge in [-0.05, 0) is 23.4 Å². The molecule has 0 aromatic heterocycles. The first kappa shape index (κ1) is 11.0. The van der Waals surface area contributed by atoms with Crippen LogP contribution in [0.2, 0.25) is 0 Å². The number of hydrogen-bond donors (Lipinski definition) is 1. The summed E-state index contributed by atoms with van der Waals surface area (Å²) in [7, 11) is 0. The second-order valence-corrected chi connectivity index (χ2v) is 2.56. The molecule has 0 saturated carbocycles. The number of carbonyl (C=O) groups is 1. The maximum Gasteiger partial charge on any atom is 0.328 e. The molecule has 1 aromatic carbocycles. The van der Waals surface area contributed by atoms with Crippen LogP contribution in [0.4, 0.5) is 14.5 Å². The first-order valence-corrected chi connectivity index (χ1v) is 3.78. The topological polar surface area (TPSA) is 66.7 Å². The lowest BCUT2D eigenvalue weighted by Crippen LogP contribution is -1.89. The third kappa shape index (κ3) is 2.43. The van der Waals surface area contributed by atoms with Gasteiger partial charge in [-0.15, -0.1) is 4.91 Å². The standard InChI is InChI=1S/C9H5F2NO3/c10-6-3-1-5(2-4-7(13)14)8(11)9(6)12-15/h1-4H,(H,13,14). The molecule has 0 aliphatic heterocycles. The van der Waals surface area contributed by atoms with Gasteiger partial charge < -0.3 is 5.11 Å². The van der Waals surface area contributed by atoms with Crippen molar-refractivity contribution < 1.29 is 18.7 Å². The van der Waals surface area contributed by atoms with Gasteiger partial charge in [0.25, 0.3) is 0 Å². The molecule has 0 fully saturated rings. The molecule has 78 valence electrons. The molecular weight excluding hydrogens is 208 g/mol. The van der Waals surface area contributed by atoms with Gasteiger partial charge in [0.15, 0.2) is 17.3 Å². The van der Waals surface area contributed by atoms with Gasteiger partial charge in [-0.2, -0.15) is 0 Å². The zero-order valence-corrected chi connectivity index (χ0v) is 7.28. The quantitative estimate of drug-likeness (QED) is 0.619. The summed E-state index contributed by atoms with van der Waals surface area (Å²) in [6.07, 6.45) is 1.58. The zero-order chi connectivity index (χ0) is 11.4. The van der Waals surface area contributed by atoms with E-state index < -0.39 is 23.3 Å². The number of halogens is 2. The average Bonchev–Trinajstić information content (AvgIpc) is 2.17. The number of rotatable bonds is 3. The second kappa shape index (κ2) is 4.41. The van der Waals surface area contributed by atoms with E-state index in [9.17, 15) is 18.5 Å². The Morgan fingerprint density at radius 2 is 2.07 bits per heavy atom. The van der Waals surface area contributed by atoms with Crippen molar-refractivity contribution in [3.05, 3.63) is 40.3 Å². The highest BCUT2D eigenvalue weighted by molar-refractivity contribution is 5.85. The van der Waals surface area contributed by atoms with E-state index in [1.165, 1.54) is 0 Å². The van der Waals surface area contributed by atoms with Crippen LogP contribution in [-0.2, 0) is 4.79 Å². The van der Waals surface area contributed by atoms with E-state index in [4.69, 9.17) is 5.11 Å². The Labute approximate surface area is 82.8 Å². The summed E-state index contributed by atoms with van der Waals surface area (Å²) < 4.78 is 26.0. The summed E-state index contributed by atoms with van der Waals surface area (Å²) in [6.45, 7) is 0. The van der Waals surface area contributed by atoms with Gasteiger partial charge in [-0.25, -0.2) is 13.6 Å². The number of nitroso groups, excluding NO2 is 1. The van der Waals surface area contributed by atoms with Crippen molar-refractivity contribution in [1.29, 1.82) is 0 Å². The van der Waals surface area contributed by atoms with Crippen molar-refractivity contribution in [3.8, 4) is 0 Å². The fourth-order valence-corrected chi connectivity index (χ4v) is 0.930. The third-order valence-corrected chi connectivity index (χ3v) is 1.59. The molecule has 15 heavy (non-hydrogen) atoms. The molecule has 0 spiro atoms. The Morgan fingerprint density at radius 1 is 1.40 bits per heavy atom. The molecule has 0 saturated heterocycles. The average molecular weight is 213 g/mol. The van der Waals surface area contributed by atoms with Gasteiger partial charge >= 0.3 is 5.97 Å². The predicted octanol–water partition coefficient (Wildman–Crippen LogP) is 2.46. The number of carboxylic acids is 1. The number of nitrogens with zero attached hydrogens (tertiary/aromatic N) is 1. The van der Waals surface area contributed by atoms with Gasteiger partial charge in [0.2, 0.25) is 0 Å². The van der Waals surface area contributed by atoms with Crippen molar-refractivity contribution in [1.82, 2.24) is 0 Å². The number of aliphatic carboxylic acids is 1. The number of hydrogen-bond acceptors (Lipinski definition) is 3. The van der Waals surface area contributed by atoms with Gasteiger partial charge in [0.1, 0.15) is 0 Å². The monoisotopic (exact) mass is 213 g/mol. The molecule has 0 aliphatic rings. The highest BCUT2D eigenvalue weighted by Crippen LogP contribution is 2.25. The molecule has 1 rings (SSSR count). The van der Waals surface area contributed by atoms with Crippen LogP contribution in [0.15, 0.2) is 23.4 Å². The predicted molar refractivity (Wildman–Crippen MR) is 48.5 cm³/mol. The zero-order valence-electron chi connectivity index (χ0n) is 7.28. The molecule has 0 amide bonds. The smallest absolute Gasteiger partial charge is 0.328 e. The molecule has 0 bridgehead atoms. The van der Waals surface area contributed by atoms with Crippen molar-refractivity contribution in [2.75, 3.05) is 0 Å². The number of benzene rings is 1. The SMILES string of the molecule is O=Nc1c(F)ccc(C=CC(=O)O)c1F. The van der Waals surface area contributed by atoms with Crippen LogP contribution in [0, 0.1) is 16.5 Å². The van der Waals surface area contributed by atoms with Gasteiger partial charge in [-0.3, -0.25) is 0 Å². The molecule has 0 heterocycles. The minimum Gasteiger partial charge on any atom is -0.478 e. The van der Waals surface area contributed by atoms with E-state index in [1.807, 2.05) is 0 Å². The normalized spacial score (nSPS) is 10.5. The van der Waals surface area contributed by atoms with Crippen molar-refractivity contribution in [3.63, 3.8) is 0 Å². The maximum atomic E-state index is 13.2. The lowest BCUT2D eigenvalue weighted by Gasteiger charge is -1.99. The Morgan fingerprint density at radius 3 is 2.60 bits per heavy atom. The van der Waals surface area contributed by atoms with Crippen LogP contribution < -0.4 is 0 Å². The van der Waals surface area contributed by atoms with E-state index >= 15 is 0 Å². The highest BCUT2D eigenvalue weighted by atomic mass is 19.1. The molecule has 0 atom stereocenters. The maximum absolute atomic E-state index is 13.2. The molecule has 6 heteroatoms. The van der Waals surface area contributed by atoms with Crippen LogP contribution in [0.25, 0.3) is 6.08 Å². The lowest BCUT2D eigenvalue weighted by molar-refractivity contribution is -0.131. The van der Waals surface area contributed by atoms with Gasteiger partial charge in [-0.1, -0.05) is 0 Å². The molecule has 1 aromatic rings. The van der Waals surface area contributed by atoms with Gasteiger partial charge in [0.05, 0.1) is 0 Å². The summed E-state index contributed by atoms with van der Waals surface area (Å²) in [5.74, 6) is -3.54. The largest absolute Gasteiger partial charge is 0.478 e. The Bertz CT molecular complexity index is 443. The summed E-state index contributed by atoms with van der Waals surface area (Å²) >= 11 is 0. The Balaban J connectivity index is 3.21. The Hall–Kier alpha value is -2.11. The fraction of sp³-hybridized carbons (Fsp3) is 0. The van der Waals surface area contributed by atoms with Crippen LogP contribution >= 0.6 is 0 Å². The van der Waals surface area contributed by atoms with E-state index in [2.05, 4.69) is 5.18 Å². The summed E-state index contributed by atoms with van der Waals surface area (Å²) in [4.78, 5) is 20.2.